The molecular formula is C11H15NO4S. The lowest BCUT2D eigenvalue weighted by Crippen LogP contribution is -2.25. The molecule has 0 spiro atoms. The maximum Gasteiger partial charge on any atom is 0.317 e. The van der Waals surface area contributed by atoms with Crippen molar-refractivity contribution in [3.63, 3.8) is 0 Å². The van der Waals surface area contributed by atoms with Crippen molar-refractivity contribution in [2.24, 2.45) is 0 Å². The Morgan fingerprint density at radius 3 is 2.24 bits per heavy atom. The minimum atomic E-state index is -3.17. The molecule has 1 aromatic rings. The van der Waals surface area contributed by atoms with Gasteiger partial charge in [-0.1, -0.05) is 12.1 Å². The number of aliphatic carboxylic acids is 1. The van der Waals surface area contributed by atoms with Gasteiger partial charge in [-0.25, -0.2) is 8.42 Å². The molecular weight excluding hydrogens is 242 g/mol. The van der Waals surface area contributed by atoms with Crippen LogP contribution in [0.4, 0.5) is 0 Å². The van der Waals surface area contributed by atoms with Crippen molar-refractivity contribution in [1.82, 2.24) is 4.90 Å². The van der Waals surface area contributed by atoms with E-state index in [1.165, 1.54) is 12.1 Å². The average molecular weight is 257 g/mol. The molecule has 0 saturated heterocycles. The van der Waals surface area contributed by atoms with E-state index in [1.54, 1.807) is 24.1 Å². The van der Waals surface area contributed by atoms with Crippen LogP contribution >= 0.6 is 0 Å². The maximum absolute atomic E-state index is 11.2. The van der Waals surface area contributed by atoms with Crippen molar-refractivity contribution in [3.8, 4) is 0 Å². The summed E-state index contributed by atoms with van der Waals surface area (Å²) in [6, 6.07) is 6.43. The van der Waals surface area contributed by atoms with Gasteiger partial charge in [-0.3, -0.25) is 9.69 Å². The fourth-order valence-corrected chi connectivity index (χ4v) is 2.07. The maximum atomic E-state index is 11.2. The number of hydrogen-bond donors (Lipinski definition) is 1. The molecule has 94 valence electrons. The zero-order valence-corrected chi connectivity index (χ0v) is 10.6. The number of carbonyl (C=O) groups is 1. The molecule has 0 atom stereocenters. The van der Waals surface area contributed by atoms with Crippen molar-refractivity contribution < 1.29 is 18.3 Å². The summed E-state index contributed by atoms with van der Waals surface area (Å²) in [7, 11) is -1.48. The van der Waals surface area contributed by atoms with E-state index in [-0.39, 0.29) is 11.4 Å². The van der Waals surface area contributed by atoms with Crippen LogP contribution in [-0.4, -0.2) is 44.2 Å². The van der Waals surface area contributed by atoms with Crippen molar-refractivity contribution in [2.45, 2.75) is 11.4 Å². The molecule has 0 unspecified atom stereocenters. The summed E-state index contributed by atoms with van der Waals surface area (Å²) in [5, 5.41) is 8.59. The first kappa shape index (κ1) is 13.7. The molecule has 17 heavy (non-hydrogen) atoms. The van der Waals surface area contributed by atoms with Gasteiger partial charge < -0.3 is 5.11 Å². The van der Waals surface area contributed by atoms with Crippen molar-refractivity contribution >= 4 is 15.8 Å². The zero-order chi connectivity index (χ0) is 13.1. The van der Waals surface area contributed by atoms with Crippen LogP contribution in [0, 0.1) is 0 Å². The van der Waals surface area contributed by atoms with Gasteiger partial charge in [0.05, 0.1) is 11.4 Å². The third kappa shape index (κ3) is 4.54. The first-order chi connectivity index (χ1) is 7.79. The van der Waals surface area contributed by atoms with E-state index < -0.39 is 15.8 Å². The van der Waals surface area contributed by atoms with Crippen LogP contribution in [0.15, 0.2) is 29.2 Å². The van der Waals surface area contributed by atoms with Gasteiger partial charge in [-0.15, -0.1) is 0 Å². The summed E-state index contributed by atoms with van der Waals surface area (Å²) in [6.45, 7) is 0.421. The van der Waals surface area contributed by atoms with E-state index in [2.05, 4.69) is 0 Å². The average Bonchev–Trinajstić information content (AvgIpc) is 2.15. The van der Waals surface area contributed by atoms with Gasteiger partial charge in [0.2, 0.25) is 0 Å². The smallest absolute Gasteiger partial charge is 0.317 e. The number of likely N-dealkylation sites (N-methyl/N-ethyl adjacent to an activating group) is 1. The molecule has 5 nitrogen and oxygen atoms in total. The third-order valence-corrected chi connectivity index (χ3v) is 3.34. The summed E-state index contributed by atoms with van der Waals surface area (Å²) in [6.07, 6.45) is 1.15. The van der Waals surface area contributed by atoms with Crippen LogP contribution in [0.1, 0.15) is 5.56 Å². The standard InChI is InChI=1S/C11H15NO4S/c1-12(8-11(13)14)7-9-3-5-10(6-4-9)17(2,15)16/h3-6H,7-8H2,1-2H3,(H,13,14). The number of nitrogens with zero attached hydrogens (tertiary/aromatic N) is 1. The van der Waals surface area contributed by atoms with Crippen molar-refractivity contribution in [1.29, 1.82) is 0 Å². The Morgan fingerprint density at radius 2 is 1.82 bits per heavy atom. The lowest BCUT2D eigenvalue weighted by molar-refractivity contribution is -0.138. The van der Waals surface area contributed by atoms with Crippen LogP contribution in [0.3, 0.4) is 0 Å². The van der Waals surface area contributed by atoms with E-state index in [1.807, 2.05) is 0 Å². The minimum absolute atomic E-state index is 0.0478. The van der Waals surface area contributed by atoms with Gasteiger partial charge >= 0.3 is 5.97 Å². The van der Waals surface area contributed by atoms with Crippen LogP contribution in [0.5, 0.6) is 0 Å². The predicted octanol–water partition coefficient (Wildman–Crippen LogP) is 0.607. The predicted molar refractivity (Wildman–Crippen MR) is 63.5 cm³/mol. The number of carboxylic acids is 1. The highest BCUT2D eigenvalue weighted by atomic mass is 32.2. The molecule has 0 amide bonds. The number of benzene rings is 1. The molecule has 0 fully saturated rings. The van der Waals surface area contributed by atoms with E-state index >= 15 is 0 Å². The lowest BCUT2D eigenvalue weighted by Gasteiger charge is -2.13. The van der Waals surface area contributed by atoms with E-state index in [0.29, 0.717) is 6.54 Å². The second kappa shape index (κ2) is 5.29. The van der Waals surface area contributed by atoms with Gasteiger partial charge in [-0.2, -0.15) is 0 Å². The Kier molecular flexibility index (Phi) is 4.25. The van der Waals surface area contributed by atoms with Gasteiger partial charge in [0.25, 0.3) is 0 Å². The Labute approximate surface area is 101 Å². The number of rotatable bonds is 5. The highest BCUT2D eigenvalue weighted by Gasteiger charge is 2.08. The summed E-state index contributed by atoms with van der Waals surface area (Å²) in [5.74, 6) is -0.889. The minimum Gasteiger partial charge on any atom is -0.480 e. The van der Waals surface area contributed by atoms with Crippen LogP contribution in [0.2, 0.25) is 0 Å². The van der Waals surface area contributed by atoms with E-state index in [9.17, 15) is 13.2 Å². The molecule has 0 saturated carbocycles. The fourth-order valence-electron chi connectivity index (χ4n) is 1.44. The Balaban J connectivity index is 2.72. The molecule has 6 heteroatoms. The van der Waals surface area contributed by atoms with Crippen LogP contribution in [-0.2, 0) is 21.2 Å². The van der Waals surface area contributed by atoms with Crippen LogP contribution < -0.4 is 0 Å². The second-order valence-electron chi connectivity index (χ2n) is 3.98. The largest absolute Gasteiger partial charge is 0.480 e. The monoisotopic (exact) mass is 257 g/mol. The van der Waals surface area contributed by atoms with E-state index in [4.69, 9.17) is 5.11 Å². The Hall–Kier alpha value is -1.40. The van der Waals surface area contributed by atoms with Crippen molar-refractivity contribution in [2.75, 3.05) is 19.8 Å². The zero-order valence-electron chi connectivity index (χ0n) is 9.75. The topological polar surface area (TPSA) is 74.7 Å². The molecule has 1 rings (SSSR count). The molecule has 0 aliphatic heterocycles. The quantitative estimate of drug-likeness (QED) is 0.836. The van der Waals surface area contributed by atoms with Crippen LogP contribution in [0.25, 0.3) is 0 Å². The summed E-state index contributed by atoms with van der Waals surface area (Å²) in [5.41, 5.74) is 0.876. The molecule has 0 aliphatic carbocycles. The first-order valence-corrected chi connectivity index (χ1v) is 6.87. The molecule has 0 bridgehead atoms. The first-order valence-electron chi connectivity index (χ1n) is 4.98. The lowest BCUT2D eigenvalue weighted by atomic mass is 10.2. The number of sulfone groups is 1. The highest BCUT2D eigenvalue weighted by molar-refractivity contribution is 7.90. The number of carboxylic acid groups (broad SMARTS) is 1. The molecule has 0 aliphatic rings. The SMILES string of the molecule is CN(CC(=O)O)Cc1ccc(S(C)(=O)=O)cc1. The molecule has 0 aromatic heterocycles. The van der Waals surface area contributed by atoms with Gasteiger partial charge in [0, 0.05) is 12.8 Å². The second-order valence-corrected chi connectivity index (χ2v) is 6.00. The van der Waals surface area contributed by atoms with E-state index in [0.717, 1.165) is 11.8 Å². The molecule has 1 aromatic carbocycles. The molecule has 0 radical (unpaired) electrons. The molecule has 0 heterocycles. The van der Waals surface area contributed by atoms with Crippen molar-refractivity contribution in [3.05, 3.63) is 29.8 Å². The number of hydrogen-bond acceptors (Lipinski definition) is 4. The van der Waals surface area contributed by atoms with Gasteiger partial charge in [0.1, 0.15) is 0 Å². The van der Waals surface area contributed by atoms with Gasteiger partial charge in [-0.05, 0) is 24.7 Å². The Morgan fingerprint density at radius 1 is 1.29 bits per heavy atom. The Bertz CT molecular complexity index is 493. The summed E-state index contributed by atoms with van der Waals surface area (Å²) >= 11 is 0. The summed E-state index contributed by atoms with van der Waals surface area (Å²) < 4.78 is 22.4. The van der Waals surface area contributed by atoms with Gasteiger partial charge in [0.15, 0.2) is 9.84 Å². The third-order valence-electron chi connectivity index (χ3n) is 2.21. The summed E-state index contributed by atoms with van der Waals surface area (Å²) in [4.78, 5) is 12.4. The fraction of sp³-hybridized carbons (Fsp3) is 0.364. The normalized spacial score (nSPS) is 11.7. The molecule has 1 N–H and O–H groups in total. The highest BCUT2D eigenvalue weighted by Crippen LogP contribution is 2.11.